The fourth-order valence-corrected chi connectivity index (χ4v) is 2.12. The van der Waals surface area contributed by atoms with Crippen LogP contribution in [0.25, 0.3) is 0 Å². The van der Waals surface area contributed by atoms with Crippen molar-refractivity contribution in [3.63, 3.8) is 0 Å². The zero-order chi connectivity index (χ0) is 18.3. The normalized spacial score (nSPS) is 22.0. The van der Waals surface area contributed by atoms with E-state index in [1.165, 1.54) is 0 Å². The van der Waals surface area contributed by atoms with Crippen LogP contribution in [0, 0.1) is 11.6 Å². The SMILES string of the molecule is NC(=C1C(=O)C(F)(F)CCC1=Nc1cc(F)cc(F)c1)C(F)(F)F. The molecular formula is C14H9F7N2O. The van der Waals surface area contributed by atoms with Crippen LogP contribution in [0.1, 0.15) is 12.8 Å². The van der Waals surface area contributed by atoms with Crippen LogP contribution in [0.15, 0.2) is 34.5 Å². The van der Waals surface area contributed by atoms with Crippen LogP contribution in [0.3, 0.4) is 0 Å². The van der Waals surface area contributed by atoms with Gasteiger partial charge < -0.3 is 5.73 Å². The molecule has 1 aromatic carbocycles. The topological polar surface area (TPSA) is 55.5 Å². The minimum absolute atomic E-state index is 0.465. The fourth-order valence-electron chi connectivity index (χ4n) is 2.12. The van der Waals surface area contributed by atoms with Gasteiger partial charge >= 0.3 is 12.1 Å². The molecule has 24 heavy (non-hydrogen) atoms. The third-order valence-electron chi connectivity index (χ3n) is 3.21. The van der Waals surface area contributed by atoms with Crippen molar-refractivity contribution in [2.75, 3.05) is 0 Å². The molecule has 130 valence electrons. The predicted octanol–water partition coefficient (Wildman–Crippen LogP) is 3.81. The number of hydrogen-bond donors (Lipinski definition) is 1. The Kier molecular flexibility index (Phi) is 4.42. The highest BCUT2D eigenvalue weighted by molar-refractivity contribution is 6.27. The number of carbonyl (C=O) groups excluding carboxylic acids is 1. The lowest BCUT2D eigenvalue weighted by atomic mass is 9.86. The van der Waals surface area contributed by atoms with E-state index in [-0.39, 0.29) is 0 Å². The van der Waals surface area contributed by atoms with E-state index < -0.39 is 65.0 Å². The van der Waals surface area contributed by atoms with Crippen molar-refractivity contribution in [2.24, 2.45) is 10.7 Å². The Balaban J connectivity index is 2.63. The first-order chi connectivity index (χ1) is 10.9. The van der Waals surface area contributed by atoms with E-state index in [1.54, 1.807) is 0 Å². The summed E-state index contributed by atoms with van der Waals surface area (Å²) in [7, 11) is 0. The number of nitrogens with two attached hydrogens (primary N) is 1. The second-order valence-electron chi connectivity index (χ2n) is 5.01. The van der Waals surface area contributed by atoms with Crippen molar-refractivity contribution in [1.29, 1.82) is 0 Å². The van der Waals surface area contributed by atoms with E-state index in [0.717, 1.165) is 0 Å². The second kappa shape index (κ2) is 5.91. The molecule has 1 saturated carbocycles. The Morgan fingerprint density at radius 3 is 2.17 bits per heavy atom. The van der Waals surface area contributed by atoms with E-state index in [9.17, 15) is 35.5 Å². The van der Waals surface area contributed by atoms with Gasteiger partial charge in [0.05, 0.1) is 17.0 Å². The molecule has 0 atom stereocenters. The van der Waals surface area contributed by atoms with Crippen molar-refractivity contribution in [3.8, 4) is 0 Å². The lowest BCUT2D eigenvalue weighted by Crippen LogP contribution is -2.41. The molecule has 0 saturated heterocycles. The van der Waals surface area contributed by atoms with Gasteiger partial charge in [-0.15, -0.1) is 0 Å². The molecule has 1 aliphatic rings. The van der Waals surface area contributed by atoms with Crippen LogP contribution in [-0.4, -0.2) is 23.6 Å². The molecule has 1 fully saturated rings. The molecule has 0 aliphatic heterocycles. The minimum Gasteiger partial charge on any atom is -0.394 e. The average Bonchev–Trinajstić information content (AvgIpc) is 2.41. The van der Waals surface area contributed by atoms with E-state index in [4.69, 9.17) is 5.73 Å². The van der Waals surface area contributed by atoms with Crippen molar-refractivity contribution in [1.82, 2.24) is 0 Å². The third kappa shape index (κ3) is 3.57. The van der Waals surface area contributed by atoms with Gasteiger partial charge in [-0.3, -0.25) is 9.79 Å². The van der Waals surface area contributed by atoms with Gasteiger partial charge in [0.2, 0.25) is 5.78 Å². The molecule has 0 aromatic heterocycles. The van der Waals surface area contributed by atoms with Gasteiger partial charge in [0.25, 0.3) is 0 Å². The molecule has 2 N–H and O–H groups in total. The number of ketones is 1. The number of alkyl halides is 5. The maximum atomic E-state index is 13.5. The number of hydrogen-bond acceptors (Lipinski definition) is 3. The summed E-state index contributed by atoms with van der Waals surface area (Å²) in [6.45, 7) is 0. The first kappa shape index (κ1) is 18.0. The average molecular weight is 354 g/mol. The summed E-state index contributed by atoms with van der Waals surface area (Å²) in [5.74, 6) is -8.30. The zero-order valence-electron chi connectivity index (χ0n) is 11.7. The van der Waals surface area contributed by atoms with Crippen LogP contribution >= 0.6 is 0 Å². The summed E-state index contributed by atoms with van der Waals surface area (Å²) < 4.78 is 91.4. The van der Waals surface area contributed by atoms with Crippen LogP contribution in [0.4, 0.5) is 36.4 Å². The van der Waals surface area contributed by atoms with Gasteiger partial charge in [-0.25, -0.2) is 8.78 Å². The monoisotopic (exact) mass is 354 g/mol. The first-order valence-electron chi connectivity index (χ1n) is 6.45. The number of aliphatic imine (C=N–C) groups is 1. The molecule has 10 heteroatoms. The van der Waals surface area contributed by atoms with Crippen molar-refractivity contribution in [3.05, 3.63) is 41.1 Å². The van der Waals surface area contributed by atoms with Gasteiger partial charge in [-0.1, -0.05) is 0 Å². The Labute approximate surface area is 130 Å². The highest BCUT2D eigenvalue weighted by Gasteiger charge is 2.50. The molecule has 0 unspecified atom stereocenters. The van der Waals surface area contributed by atoms with Crippen molar-refractivity contribution in [2.45, 2.75) is 24.9 Å². The largest absolute Gasteiger partial charge is 0.431 e. The molecule has 0 heterocycles. The molecule has 0 spiro atoms. The van der Waals surface area contributed by atoms with Gasteiger partial charge in [0.1, 0.15) is 17.3 Å². The van der Waals surface area contributed by atoms with E-state index in [0.29, 0.717) is 18.2 Å². The first-order valence-corrected chi connectivity index (χ1v) is 6.45. The van der Waals surface area contributed by atoms with Crippen molar-refractivity contribution < 1.29 is 35.5 Å². The molecule has 0 bridgehead atoms. The molecule has 3 nitrogen and oxygen atoms in total. The van der Waals surface area contributed by atoms with Crippen LogP contribution in [0.2, 0.25) is 0 Å². The summed E-state index contributed by atoms with van der Waals surface area (Å²) in [6, 6.07) is 1.84. The molecule has 0 amide bonds. The van der Waals surface area contributed by atoms with E-state index in [1.807, 2.05) is 0 Å². The predicted molar refractivity (Wildman–Crippen MR) is 69.9 cm³/mol. The molecule has 1 aromatic rings. The summed E-state index contributed by atoms with van der Waals surface area (Å²) in [5, 5.41) is 0. The minimum atomic E-state index is -5.24. The maximum Gasteiger partial charge on any atom is 0.431 e. The van der Waals surface area contributed by atoms with E-state index >= 15 is 0 Å². The summed E-state index contributed by atoms with van der Waals surface area (Å²) in [5.41, 5.74) is 0.136. The lowest BCUT2D eigenvalue weighted by molar-refractivity contribution is -0.140. The van der Waals surface area contributed by atoms with Crippen LogP contribution in [0.5, 0.6) is 0 Å². The number of rotatable bonds is 1. The number of carbonyl (C=O) groups is 1. The second-order valence-corrected chi connectivity index (χ2v) is 5.01. The summed E-state index contributed by atoms with van der Waals surface area (Å²) in [4.78, 5) is 15.2. The quantitative estimate of drug-likeness (QED) is 0.616. The molecule has 0 radical (unpaired) electrons. The van der Waals surface area contributed by atoms with Crippen LogP contribution < -0.4 is 5.73 Å². The van der Waals surface area contributed by atoms with Gasteiger partial charge in [-0.2, -0.15) is 22.0 Å². The Hall–Kier alpha value is -2.39. The number of benzene rings is 1. The fraction of sp³-hybridized carbons (Fsp3) is 0.286. The number of Topliss-reactive ketones (excluding diaryl/α,β-unsaturated/α-hetero) is 1. The van der Waals surface area contributed by atoms with E-state index in [2.05, 4.69) is 4.99 Å². The van der Waals surface area contributed by atoms with Gasteiger partial charge in [0.15, 0.2) is 0 Å². The maximum absolute atomic E-state index is 13.5. The number of halogens is 7. The van der Waals surface area contributed by atoms with Crippen LogP contribution in [-0.2, 0) is 4.79 Å². The molecule has 2 rings (SSSR count). The van der Waals surface area contributed by atoms with Gasteiger partial charge in [-0.05, 0) is 18.6 Å². The van der Waals surface area contributed by atoms with Gasteiger partial charge in [0, 0.05) is 12.5 Å². The Bertz CT molecular complexity index is 730. The lowest BCUT2D eigenvalue weighted by Gasteiger charge is -2.25. The molecular weight excluding hydrogens is 345 g/mol. The standard InChI is InChI=1S/C14H9F7N2O/c15-6-3-7(16)5-8(4-6)23-9-1-2-13(17,18)12(24)10(9)11(22)14(19,20)21/h3-5H,1-2,22H2. The number of allylic oxidation sites excluding steroid dienone is 2. The Morgan fingerprint density at radius 2 is 1.67 bits per heavy atom. The highest BCUT2D eigenvalue weighted by atomic mass is 19.4. The van der Waals surface area contributed by atoms with Crippen molar-refractivity contribution >= 4 is 17.2 Å². The zero-order valence-corrected chi connectivity index (χ0v) is 11.7. The summed E-state index contributed by atoms with van der Waals surface area (Å²) in [6.07, 6.45) is -7.05. The molecule has 1 aliphatic carbocycles. The summed E-state index contributed by atoms with van der Waals surface area (Å²) >= 11 is 0. The smallest absolute Gasteiger partial charge is 0.394 e. The number of nitrogens with zero attached hydrogens (tertiary/aromatic N) is 1. The highest BCUT2D eigenvalue weighted by Crippen LogP contribution is 2.37. The third-order valence-corrected chi connectivity index (χ3v) is 3.21. The Morgan fingerprint density at radius 1 is 1.12 bits per heavy atom.